The van der Waals surface area contributed by atoms with Gasteiger partial charge in [-0.25, -0.2) is 4.68 Å². The summed E-state index contributed by atoms with van der Waals surface area (Å²) in [5.41, 5.74) is 2.35. The van der Waals surface area contributed by atoms with Crippen LogP contribution in [0.1, 0.15) is 5.56 Å². The molecule has 2 amide bonds. The molecule has 4 rings (SSSR count). The summed E-state index contributed by atoms with van der Waals surface area (Å²) in [7, 11) is 0. The van der Waals surface area contributed by atoms with Crippen LogP contribution >= 0.6 is 11.8 Å². The highest BCUT2D eigenvalue weighted by molar-refractivity contribution is 7.99. The van der Waals surface area contributed by atoms with E-state index in [1.165, 1.54) is 11.8 Å². The number of benzene rings is 3. The molecule has 2 N–H and O–H groups in total. The Morgan fingerprint density at radius 2 is 1.68 bits per heavy atom. The maximum atomic E-state index is 12.4. The lowest BCUT2D eigenvalue weighted by Gasteiger charge is -2.11. The van der Waals surface area contributed by atoms with E-state index in [1.807, 2.05) is 85.1 Å². The number of aromatic nitrogens is 2. The van der Waals surface area contributed by atoms with Crippen molar-refractivity contribution in [2.45, 2.75) is 16.3 Å². The van der Waals surface area contributed by atoms with Gasteiger partial charge in [-0.3, -0.25) is 9.59 Å². The van der Waals surface area contributed by atoms with Crippen LogP contribution in [0.3, 0.4) is 0 Å². The van der Waals surface area contributed by atoms with Gasteiger partial charge in [0.05, 0.1) is 11.4 Å². The van der Waals surface area contributed by atoms with Crippen LogP contribution < -0.4 is 10.6 Å². The van der Waals surface area contributed by atoms with Crippen molar-refractivity contribution in [1.29, 1.82) is 0 Å². The summed E-state index contributed by atoms with van der Waals surface area (Å²) < 4.78 is 1.74. The van der Waals surface area contributed by atoms with Gasteiger partial charge in [0.2, 0.25) is 0 Å². The Labute approximate surface area is 184 Å². The zero-order valence-electron chi connectivity index (χ0n) is 16.6. The maximum absolute atomic E-state index is 12.4. The lowest BCUT2D eigenvalue weighted by atomic mass is 10.2. The van der Waals surface area contributed by atoms with Crippen molar-refractivity contribution >= 4 is 29.3 Å². The van der Waals surface area contributed by atoms with Gasteiger partial charge < -0.3 is 10.6 Å². The molecule has 0 aliphatic rings. The molecule has 6 nitrogen and oxygen atoms in total. The molecule has 4 aromatic rings. The SMILES string of the molecule is O=C(NCc1cccc(-n2cccn2)c1)C(=O)Nc1ccccc1Sc1ccccc1. The smallest absolute Gasteiger partial charge is 0.313 e. The Morgan fingerprint density at radius 3 is 2.48 bits per heavy atom. The molecule has 0 atom stereocenters. The van der Waals surface area contributed by atoms with E-state index in [0.717, 1.165) is 21.0 Å². The summed E-state index contributed by atoms with van der Waals surface area (Å²) >= 11 is 1.52. The summed E-state index contributed by atoms with van der Waals surface area (Å²) in [5, 5.41) is 9.59. The van der Waals surface area contributed by atoms with E-state index in [-0.39, 0.29) is 6.54 Å². The fraction of sp³-hybridized carbons (Fsp3) is 0.0417. The Kier molecular flexibility index (Phi) is 6.44. The highest BCUT2D eigenvalue weighted by atomic mass is 32.2. The van der Waals surface area contributed by atoms with E-state index in [1.54, 1.807) is 16.9 Å². The first-order chi connectivity index (χ1) is 15.2. The molecule has 31 heavy (non-hydrogen) atoms. The standard InChI is InChI=1S/C24H20N4O2S/c29-23(25-17-18-8-6-9-19(16-18)28-15-7-14-26-28)24(30)27-21-12-4-5-13-22(21)31-20-10-2-1-3-11-20/h1-16H,17H2,(H,25,29)(H,27,30). The fourth-order valence-corrected chi connectivity index (χ4v) is 3.87. The first kappa shape index (κ1) is 20.4. The third kappa shape index (κ3) is 5.40. The molecule has 0 saturated carbocycles. The minimum Gasteiger partial charge on any atom is -0.344 e. The van der Waals surface area contributed by atoms with Gasteiger partial charge in [-0.15, -0.1) is 0 Å². The summed E-state index contributed by atoms with van der Waals surface area (Å²) in [4.78, 5) is 26.7. The maximum Gasteiger partial charge on any atom is 0.313 e. The number of nitrogens with one attached hydrogen (secondary N) is 2. The zero-order chi connectivity index (χ0) is 21.5. The van der Waals surface area contributed by atoms with Gasteiger partial charge in [0, 0.05) is 28.7 Å². The molecule has 3 aromatic carbocycles. The Hall–Kier alpha value is -3.84. The normalized spacial score (nSPS) is 10.5. The van der Waals surface area contributed by atoms with Crippen molar-refractivity contribution in [3.05, 3.63) is 103 Å². The molecule has 1 aromatic heterocycles. The average Bonchev–Trinajstić information content (AvgIpc) is 3.35. The van der Waals surface area contributed by atoms with Gasteiger partial charge in [0.25, 0.3) is 0 Å². The van der Waals surface area contributed by atoms with Gasteiger partial charge >= 0.3 is 11.8 Å². The van der Waals surface area contributed by atoms with Crippen molar-refractivity contribution < 1.29 is 9.59 Å². The molecule has 0 unspecified atom stereocenters. The van der Waals surface area contributed by atoms with Crippen molar-refractivity contribution in [2.24, 2.45) is 0 Å². The highest BCUT2D eigenvalue weighted by Crippen LogP contribution is 2.33. The van der Waals surface area contributed by atoms with Gasteiger partial charge in [-0.05, 0) is 48.0 Å². The van der Waals surface area contributed by atoms with Gasteiger partial charge in [0.15, 0.2) is 0 Å². The number of hydrogen-bond donors (Lipinski definition) is 2. The number of rotatable bonds is 6. The fourth-order valence-electron chi connectivity index (χ4n) is 2.95. The molecule has 0 aliphatic carbocycles. The second-order valence-electron chi connectivity index (χ2n) is 6.67. The molecular weight excluding hydrogens is 408 g/mol. The lowest BCUT2D eigenvalue weighted by molar-refractivity contribution is -0.136. The summed E-state index contributed by atoms with van der Waals surface area (Å²) in [6.45, 7) is 0.238. The molecule has 0 fully saturated rings. The number of para-hydroxylation sites is 1. The van der Waals surface area contributed by atoms with E-state index in [0.29, 0.717) is 5.69 Å². The minimum atomic E-state index is -0.704. The van der Waals surface area contributed by atoms with Crippen LogP contribution in [0, 0.1) is 0 Å². The average molecular weight is 429 g/mol. The van der Waals surface area contributed by atoms with E-state index in [4.69, 9.17) is 0 Å². The van der Waals surface area contributed by atoms with Crippen LogP contribution in [0.2, 0.25) is 0 Å². The van der Waals surface area contributed by atoms with E-state index >= 15 is 0 Å². The summed E-state index contributed by atoms with van der Waals surface area (Å²) in [5.74, 6) is -1.40. The molecule has 0 aliphatic heterocycles. The van der Waals surface area contributed by atoms with Crippen molar-refractivity contribution in [3.63, 3.8) is 0 Å². The molecule has 0 radical (unpaired) electrons. The third-order valence-corrected chi connectivity index (χ3v) is 5.53. The van der Waals surface area contributed by atoms with Crippen LogP contribution in [0.5, 0.6) is 0 Å². The number of nitrogens with zero attached hydrogens (tertiary/aromatic N) is 2. The van der Waals surface area contributed by atoms with Crippen molar-refractivity contribution in [1.82, 2.24) is 15.1 Å². The monoisotopic (exact) mass is 428 g/mol. The first-order valence-corrected chi connectivity index (χ1v) is 10.5. The zero-order valence-corrected chi connectivity index (χ0v) is 17.4. The van der Waals surface area contributed by atoms with Crippen LogP contribution in [0.15, 0.2) is 107 Å². The molecule has 1 heterocycles. The molecule has 154 valence electrons. The largest absolute Gasteiger partial charge is 0.344 e. The van der Waals surface area contributed by atoms with E-state index in [2.05, 4.69) is 15.7 Å². The van der Waals surface area contributed by atoms with Gasteiger partial charge in [-0.1, -0.05) is 54.2 Å². The Balaban J connectivity index is 1.38. The van der Waals surface area contributed by atoms with Crippen LogP contribution in [-0.4, -0.2) is 21.6 Å². The number of anilines is 1. The molecule has 7 heteroatoms. The lowest BCUT2D eigenvalue weighted by Crippen LogP contribution is -2.35. The highest BCUT2D eigenvalue weighted by Gasteiger charge is 2.15. The second kappa shape index (κ2) is 9.77. The van der Waals surface area contributed by atoms with Crippen LogP contribution in [-0.2, 0) is 16.1 Å². The number of carbonyl (C=O) groups is 2. The van der Waals surface area contributed by atoms with Crippen molar-refractivity contribution in [3.8, 4) is 5.69 Å². The van der Waals surface area contributed by atoms with Crippen LogP contribution in [0.4, 0.5) is 5.69 Å². The molecular formula is C24H20N4O2S. The predicted molar refractivity (Wildman–Crippen MR) is 121 cm³/mol. The number of carbonyl (C=O) groups excluding carboxylic acids is 2. The van der Waals surface area contributed by atoms with E-state index < -0.39 is 11.8 Å². The minimum absolute atomic E-state index is 0.238. The predicted octanol–water partition coefficient (Wildman–Crippen LogP) is 4.28. The second-order valence-corrected chi connectivity index (χ2v) is 7.78. The molecule has 0 spiro atoms. The van der Waals surface area contributed by atoms with Crippen molar-refractivity contribution in [2.75, 3.05) is 5.32 Å². The van der Waals surface area contributed by atoms with Gasteiger partial charge in [-0.2, -0.15) is 5.10 Å². The topological polar surface area (TPSA) is 76.0 Å². The summed E-state index contributed by atoms with van der Waals surface area (Å²) in [6, 6.07) is 26.7. The number of amides is 2. The van der Waals surface area contributed by atoms with Crippen LogP contribution in [0.25, 0.3) is 5.69 Å². The molecule has 0 saturated heterocycles. The number of hydrogen-bond acceptors (Lipinski definition) is 4. The first-order valence-electron chi connectivity index (χ1n) is 9.69. The summed E-state index contributed by atoms with van der Waals surface area (Å²) in [6.07, 6.45) is 3.54. The molecule has 0 bridgehead atoms. The quantitative estimate of drug-likeness (QED) is 0.450. The Morgan fingerprint density at radius 1 is 0.871 bits per heavy atom. The van der Waals surface area contributed by atoms with E-state index in [9.17, 15) is 9.59 Å². The van der Waals surface area contributed by atoms with Gasteiger partial charge in [0.1, 0.15) is 0 Å². The Bertz CT molecular complexity index is 1180. The third-order valence-electron chi connectivity index (χ3n) is 4.45.